The van der Waals surface area contributed by atoms with E-state index in [4.69, 9.17) is 5.73 Å². The second-order valence-corrected chi connectivity index (χ2v) is 5.46. The molecule has 0 unspecified atom stereocenters. The lowest BCUT2D eigenvalue weighted by atomic mass is 9.94. The lowest BCUT2D eigenvalue weighted by Gasteiger charge is -2.24. The molecule has 0 radical (unpaired) electrons. The molecule has 1 saturated carbocycles. The third-order valence-corrected chi connectivity index (χ3v) is 3.83. The third-order valence-electron chi connectivity index (χ3n) is 3.83. The molecule has 1 aromatic carbocycles. The number of rotatable bonds is 5. The zero-order chi connectivity index (χ0) is 13.7. The Kier molecular flexibility index (Phi) is 4.56. The molecule has 4 N–H and O–H groups in total. The van der Waals surface area contributed by atoms with Gasteiger partial charge in [-0.1, -0.05) is 43.2 Å². The van der Waals surface area contributed by atoms with E-state index in [1.165, 1.54) is 0 Å². The van der Waals surface area contributed by atoms with Gasteiger partial charge in [0.25, 0.3) is 0 Å². The fraction of sp³-hybridized carbons (Fsp3) is 0.533. The Labute approximate surface area is 114 Å². The Morgan fingerprint density at radius 2 is 1.95 bits per heavy atom. The second-order valence-electron chi connectivity index (χ2n) is 5.46. The minimum Gasteiger partial charge on any atom is -0.394 e. The molecule has 1 atom stereocenters. The molecule has 1 aromatic rings. The number of benzene rings is 1. The molecule has 19 heavy (non-hydrogen) atoms. The van der Waals surface area contributed by atoms with Crippen molar-refractivity contribution in [2.75, 3.05) is 6.61 Å². The lowest BCUT2D eigenvalue weighted by Crippen LogP contribution is -2.43. The van der Waals surface area contributed by atoms with Gasteiger partial charge in [0, 0.05) is 12.0 Å². The Bertz CT molecular complexity index is 413. The minimum absolute atomic E-state index is 0.0766. The number of carbonyl (C=O) groups excluding carboxylic acids is 1. The highest BCUT2D eigenvalue weighted by atomic mass is 16.3. The highest BCUT2D eigenvalue weighted by molar-refractivity contribution is 5.77. The summed E-state index contributed by atoms with van der Waals surface area (Å²) in [6.07, 6.45) is 4.37. The summed E-state index contributed by atoms with van der Waals surface area (Å²) in [6.45, 7) is -0.104. The average Bonchev–Trinajstić information content (AvgIpc) is 2.83. The van der Waals surface area contributed by atoms with Crippen LogP contribution in [-0.4, -0.2) is 23.2 Å². The average molecular weight is 262 g/mol. The van der Waals surface area contributed by atoms with E-state index in [0.29, 0.717) is 6.42 Å². The monoisotopic (exact) mass is 262 g/mol. The van der Waals surface area contributed by atoms with Crippen LogP contribution in [0.1, 0.15) is 43.7 Å². The number of carbonyl (C=O) groups is 1. The van der Waals surface area contributed by atoms with Gasteiger partial charge in [0.1, 0.15) is 0 Å². The summed E-state index contributed by atoms with van der Waals surface area (Å²) in [7, 11) is 0. The third kappa shape index (κ3) is 3.78. The van der Waals surface area contributed by atoms with Gasteiger partial charge in [-0.05, 0) is 18.4 Å². The Hall–Kier alpha value is -1.39. The molecule has 4 heteroatoms. The van der Waals surface area contributed by atoms with Crippen molar-refractivity contribution >= 4 is 5.91 Å². The maximum atomic E-state index is 12.0. The molecule has 1 fully saturated rings. The number of amides is 1. The van der Waals surface area contributed by atoms with Crippen LogP contribution in [-0.2, 0) is 4.79 Å². The largest absolute Gasteiger partial charge is 0.394 e. The van der Waals surface area contributed by atoms with Gasteiger partial charge in [0.2, 0.25) is 5.91 Å². The van der Waals surface area contributed by atoms with Crippen molar-refractivity contribution in [3.63, 3.8) is 0 Å². The molecule has 0 spiro atoms. The number of nitrogens with two attached hydrogens (primary N) is 1. The molecule has 0 aromatic heterocycles. The van der Waals surface area contributed by atoms with Crippen LogP contribution in [0.15, 0.2) is 30.3 Å². The van der Waals surface area contributed by atoms with Crippen LogP contribution in [0.4, 0.5) is 0 Å². The van der Waals surface area contributed by atoms with Gasteiger partial charge in [-0.15, -0.1) is 0 Å². The first-order valence-electron chi connectivity index (χ1n) is 6.87. The number of hydrogen-bond donors (Lipinski definition) is 3. The van der Waals surface area contributed by atoms with Gasteiger partial charge in [0.15, 0.2) is 0 Å². The quantitative estimate of drug-likeness (QED) is 0.752. The van der Waals surface area contributed by atoms with Crippen LogP contribution in [0.5, 0.6) is 0 Å². The number of aliphatic hydroxyl groups excluding tert-OH is 1. The van der Waals surface area contributed by atoms with Crippen molar-refractivity contribution in [2.24, 2.45) is 5.73 Å². The summed E-state index contributed by atoms with van der Waals surface area (Å²) in [5.74, 6) is -0.0766. The van der Waals surface area contributed by atoms with Gasteiger partial charge < -0.3 is 16.2 Å². The summed E-state index contributed by atoms with van der Waals surface area (Å²) >= 11 is 0. The van der Waals surface area contributed by atoms with Gasteiger partial charge in [-0.25, -0.2) is 0 Å². The maximum absolute atomic E-state index is 12.0. The van der Waals surface area contributed by atoms with Gasteiger partial charge in [0.05, 0.1) is 12.6 Å². The molecule has 0 saturated heterocycles. The molecular weight excluding hydrogens is 240 g/mol. The van der Waals surface area contributed by atoms with E-state index in [1.54, 1.807) is 0 Å². The molecule has 4 nitrogen and oxygen atoms in total. The Morgan fingerprint density at radius 1 is 1.32 bits per heavy atom. The van der Waals surface area contributed by atoms with Crippen LogP contribution in [0.2, 0.25) is 0 Å². The van der Waals surface area contributed by atoms with Crippen molar-refractivity contribution in [1.82, 2.24) is 5.32 Å². The fourth-order valence-corrected chi connectivity index (χ4v) is 2.74. The molecule has 1 aliphatic carbocycles. The molecule has 104 valence electrons. The Balaban J connectivity index is 1.93. The smallest absolute Gasteiger partial charge is 0.222 e. The van der Waals surface area contributed by atoms with E-state index in [0.717, 1.165) is 31.2 Å². The van der Waals surface area contributed by atoms with Crippen molar-refractivity contribution < 1.29 is 9.90 Å². The summed E-state index contributed by atoms with van der Waals surface area (Å²) in [5.41, 5.74) is 6.76. The predicted molar refractivity (Wildman–Crippen MR) is 74.4 cm³/mol. The van der Waals surface area contributed by atoms with E-state index in [9.17, 15) is 9.90 Å². The molecule has 1 amide bonds. The first kappa shape index (κ1) is 14.0. The van der Waals surface area contributed by atoms with E-state index in [1.807, 2.05) is 30.3 Å². The maximum Gasteiger partial charge on any atom is 0.222 e. The van der Waals surface area contributed by atoms with Crippen molar-refractivity contribution in [1.29, 1.82) is 0 Å². The number of nitrogens with one attached hydrogen (secondary N) is 1. The van der Waals surface area contributed by atoms with E-state index in [-0.39, 0.29) is 24.1 Å². The fourth-order valence-electron chi connectivity index (χ4n) is 2.74. The van der Waals surface area contributed by atoms with E-state index < -0.39 is 0 Å². The first-order valence-corrected chi connectivity index (χ1v) is 6.87. The Morgan fingerprint density at radius 3 is 2.53 bits per heavy atom. The van der Waals surface area contributed by atoms with E-state index >= 15 is 0 Å². The summed E-state index contributed by atoms with van der Waals surface area (Å²) in [4.78, 5) is 12.0. The molecule has 0 bridgehead atoms. The molecule has 0 aliphatic heterocycles. The SMILES string of the molecule is NC1(CC(=O)N[C@H](CO)c2ccccc2)CCCC1. The molecular formula is C15H22N2O2. The van der Waals surface area contributed by atoms with Crippen LogP contribution in [0.3, 0.4) is 0 Å². The zero-order valence-corrected chi connectivity index (χ0v) is 11.1. The summed E-state index contributed by atoms with van der Waals surface area (Å²) in [5, 5.41) is 12.3. The number of hydrogen-bond acceptors (Lipinski definition) is 3. The number of aliphatic hydroxyl groups is 1. The van der Waals surface area contributed by atoms with E-state index in [2.05, 4.69) is 5.32 Å². The van der Waals surface area contributed by atoms with Gasteiger partial charge >= 0.3 is 0 Å². The van der Waals surface area contributed by atoms with Crippen molar-refractivity contribution in [2.45, 2.75) is 43.7 Å². The van der Waals surface area contributed by atoms with Gasteiger partial charge in [-0.2, -0.15) is 0 Å². The van der Waals surface area contributed by atoms with Crippen LogP contribution >= 0.6 is 0 Å². The predicted octanol–water partition coefficient (Wildman–Crippen LogP) is 1.50. The van der Waals surface area contributed by atoms with Crippen LogP contribution in [0, 0.1) is 0 Å². The first-order chi connectivity index (χ1) is 9.13. The normalized spacial score (nSPS) is 19.1. The molecule has 0 heterocycles. The van der Waals surface area contributed by atoms with Crippen molar-refractivity contribution in [3.05, 3.63) is 35.9 Å². The molecule has 2 rings (SSSR count). The minimum atomic E-state index is -0.348. The second kappa shape index (κ2) is 6.17. The summed E-state index contributed by atoms with van der Waals surface area (Å²) in [6, 6.07) is 9.15. The highest BCUT2D eigenvalue weighted by Gasteiger charge is 2.32. The van der Waals surface area contributed by atoms with Crippen molar-refractivity contribution in [3.8, 4) is 0 Å². The van der Waals surface area contributed by atoms with Crippen LogP contribution < -0.4 is 11.1 Å². The van der Waals surface area contributed by atoms with Crippen LogP contribution in [0.25, 0.3) is 0 Å². The summed E-state index contributed by atoms with van der Waals surface area (Å²) < 4.78 is 0. The lowest BCUT2D eigenvalue weighted by molar-refractivity contribution is -0.123. The molecule has 1 aliphatic rings. The standard InChI is InChI=1S/C15H22N2O2/c16-15(8-4-5-9-15)10-14(19)17-13(11-18)12-6-2-1-3-7-12/h1-3,6-7,13,18H,4-5,8-11,16H2,(H,17,19)/t13-/m1/s1. The topological polar surface area (TPSA) is 75.4 Å². The van der Waals surface area contributed by atoms with Gasteiger partial charge in [-0.3, -0.25) is 4.79 Å². The zero-order valence-electron chi connectivity index (χ0n) is 11.1. The highest BCUT2D eigenvalue weighted by Crippen LogP contribution is 2.30.